The van der Waals surface area contributed by atoms with Gasteiger partial charge in [0.15, 0.2) is 11.9 Å². The maximum absolute atomic E-state index is 12.1. The summed E-state index contributed by atoms with van der Waals surface area (Å²) in [4.78, 5) is 36.2. The van der Waals surface area contributed by atoms with Gasteiger partial charge in [-0.15, -0.1) is 0 Å². The van der Waals surface area contributed by atoms with Gasteiger partial charge in [0.25, 0.3) is 0 Å². The molecule has 0 amide bonds. The van der Waals surface area contributed by atoms with Gasteiger partial charge in [-0.3, -0.25) is 14.4 Å². The van der Waals surface area contributed by atoms with Crippen molar-refractivity contribution >= 4 is 17.7 Å². The molecular weight excluding hydrogens is 564 g/mol. The monoisotopic (exact) mass is 630 g/mol. The molecule has 45 heavy (non-hydrogen) atoms. The van der Waals surface area contributed by atoms with Crippen molar-refractivity contribution in [2.45, 2.75) is 168 Å². The van der Waals surface area contributed by atoms with Crippen molar-refractivity contribution in [1.82, 2.24) is 0 Å². The van der Waals surface area contributed by atoms with E-state index < -0.39 is 18.7 Å². The molecule has 0 aromatic carbocycles. The molecule has 258 valence electrons. The lowest BCUT2D eigenvalue weighted by Gasteiger charge is -2.15. The maximum Gasteiger partial charge on any atom is 0.306 e. The maximum atomic E-state index is 12.1. The Kier molecular flexibility index (Phi) is 32.5. The van der Waals surface area contributed by atoms with Crippen molar-refractivity contribution in [2.75, 3.05) is 13.2 Å². The van der Waals surface area contributed by atoms with Gasteiger partial charge in [0.2, 0.25) is 0 Å². The van der Waals surface area contributed by atoms with Crippen LogP contribution in [0.2, 0.25) is 0 Å². The molecule has 0 aliphatic carbocycles. The lowest BCUT2D eigenvalue weighted by molar-refractivity contribution is -0.161. The Balaban J connectivity index is 3.80. The molecule has 0 fully saturated rings. The summed E-state index contributed by atoms with van der Waals surface area (Å²) in [6.07, 6.45) is 38.8. The minimum absolute atomic E-state index is 0.0495. The van der Waals surface area contributed by atoms with Crippen LogP contribution >= 0.6 is 0 Å². The minimum Gasteiger partial charge on any atom is -0.462 e. The van der Waals surface area contributed by atoms with E-state index in [0.717, 1.165) is 38.5 Å². The number of ketones is 1. The highest BCUT2D eigenvalue weighted by Gasteiger charge is 2.16. The molecule has 6 heteroatoms. The third-order valence-corrected chi connectivity index (χ3v) is 7.60. The van der Waals surface area contributed by atoms with Gasteiger partial charge in [0, 0.05) is 19.3 Å². The lowest BCUT2D eigenvalue weighted by atomic mass is 10.0. The molecule has 0 spiro atoms. The molecule has 0 saturated carbocycles. The highest BCUT2D eigenvalue weighted by atomic mass is 16.6. The number of allylic oxidation sites excluding steroid dienone is 8. The Morgan fingerprint density at radius 2 is 1.11 bits per heavy atom. The van der Waals surface area contributed by atoms with Gasteiger partial charge < -0.3 is 14.6 Å². The van der Waals surface area contributed by atoms with Crippen LogP contribution in [-0.4, -0.2) is 42.1 Å². The molecule has 0 aliphatic rings. The summed E-state index contributed by atoms with van der Waals surface area (Å²) < 4.78 is 10.4. The van der Waals surface area contributed by atoms with E-state index in [-0.39, 0.29) is 31.2 Å². The number of carbonyl (C=O) groups excluding carboxylic acids is 3. The second kappa shape index (κ2) is 34.4. The fourth-order valence-corrected chi connectivity index (χ4v) is 4.80. The van der Waals surface area contributed by atoms with E-state index in [1.807, 2.05) is 12.2 Å². The number of hydrogen-bond donors (Lipinski definition) is 1. The predicted molar refractivity (Wildman–Crippen MR) is 187 cm³/mol. The molecule has 0 radical (unpaired) electrons. The van der Waals surface area contributed by atoms with Gasteiger partial charge in [-0.1, -0.05) is 146 Å². The van der Waals surface area contributed by atoms with Gasteiger partial charge in [0.05, 0.1) is 6.61 Å². The third-order valence-electron chi connectivity index (χ3n) is 7.60. The summed E-state index contributed by atoms with van der Waals surface area (Å²) in [6.45, 7) is 3.88. The Labute approximate surface area is 275 Å². The van der Waals surface area contributed by atoms with E-state index in [1.165, 1.54) is 89.5 Å². The largest absolute Gasteiger partial charge is 0.462 e. The van der Waals surface area contributed by atoms with Crippen LogP contribution in [0.1, 0.15) is 162 Å². The highest BCUT2D eigenvalue weighted by Crippen LogP contribution is 2.13. The van der Waals surface area contributed by atoms with Gasteiger partial charge in [0.1, 0.15) is 6.61 Å². The summed E-state index contributed by atoms with van der Waals surface area (Å²) in [5.41, 5.74) is 0. The van der Waals surface area contributed by atoms with Crippen LogP contribution in [0.15, 0.2) is 48.6 Å². The predicted octanol–water partition coefficient (Wildman–Crippen LogP) is 10.2. The topological polar surface area (TPSA) is 89.9 Å². The van der Waals surface area contributed by atoms with Crippen LogP contribution in [0.25, 0.3) is 0 Å². The van der Waals surface area contributed by atoms with Crippen molar-refractivity contribution in [3.05, 3.63) is 48.6 Å². The number of aliphatic hydroxyl groups is 1. The molecule has 0 saturated heterocycles. The summed E-state index contributed by atoms with van der Waals surface area (Å²) in [6, 6.07) is 0. The number of aliphatic hydroxyl groups excluding tert-OH is 1. The smallest absolute Gasteiger partial charge is 0.306 e. The molecule has 0 aromatic rings. The summed E-state index contributed by atoms with van der Waals surface area (Å²) in [5.74, 6) is -0.896. The standard InChI is InChI=1S/C39H66O6/c1-3-5-7-9-11-13-15-17-19-21-23-25-27-30-36(41)31-29-33-38(42)44-35-37(34-40)45-39(43)32-28-26-24-22-20-18-16-14-12-10-8-6-4-2/h11,13,17,19,23,25,27,30,37,40H,3-10,12,14-16,18,20-22,24,26,28-29,31-35H2,1-2H3/b13-11-,19-17-,25-23-,30-27+/t37-/m0/s1. The Bertz CT molecular complexity index is 825. The van der Waals surface area contributed by atoms with Crippen LogP contribution in [0.3, 0.4) is 0 Å². The van der Waals surface area contributed by atoms with Gasteiger partial charge in [-0.05, 0) is 44.6 Å². The molecule has 6 nitrogen and oxygen atoms in total. The SMILES string of the molecule is CCCCC/C=C\C/C=C\C/C=C\C=C\C(=O)CCCC(=O)OC[C@H](CO)OC(=O)CCCCCCCCCCCCCCC. The number of hydrogen-bond acceptors (Lipinski definition) is 6. The quantitative estimate of drug-likeness (QED) is 0.0261. The number of rotatable bonds is 32. The summed E-state index contributed by atoms with van der Waals surface area (Å²) >= 11 is 0. The molecule has 0 heterocycles. The zero-order valence-corrected chi connectivity index (χ0v) is 28.9. The van der Waals surface area contributed by atoms with Crippen molar-refractivity contribution in [1.29, 1.82) is 0 Å². The van der Waals surface area contributed by atoms with Gasteiger partial charge in [-0.25, -0.2) is 0 Å². The Morgan fingerprint density at radius 3 is 1.73 bits per heavy atom. The molecule has 0 unspecified atom stereocenters. The van der Waals surface area contributed by atoms with Gasteiger partial charge in [-0.2, -0.15) is 0 Å². The van der Waals surface area contributed by atoms with E-state index in [9.17, 15) is 19.5 Å². The molecule has 1 atom stereocenters. The third kappa shape index (κ3) is 32.7. The van der Waals surface area contributed by atoms with Gasteiger partial charge >= 0.3 is 11.9 Å². The van der Waals surface area contributed by atoms with Crippen LogP contribution in [0, 0.1) is 0 Å². The molecule has 1 N–H and O–H groups in total. The second-order valence-corrected chi connectivity index (χ2v) is 12.0. The van der Waals surface area contributed by atoms with Crippen LogP contribution < -0.4 is 0 Å². The zero-order valence-electron chi connectivity index (χ0n) is 28.9. The number of ether oxygens (including phenoxy) is 2. The Morgan fingerprint density at radius 1 is 0.578 bits per heavy atom. The van der Waals surface area contributed by atoms with E-state index in [2.05, 4.69) is 38.2 Å². The van der Waals surface area contributed by atoms with Crippen molar-refractivity contribution in [3.8, 4) is 0 Å². The van der Waals surface area contributed by atoms with Crippen LogP contribution in [0.5, 0.6) is 0 Å². The van der Waals surface area contributed by atoms with E-state index in [0.29, 0.717) is 12.8 Å². The fraction of sp³-hybridized carbons (Fsp3) is 0.718. The summed E-state index contributed by atoms with van der Waals surface area (Å²) in [7, 11) is 0. The number of unbranched alkanes of at least 4 members (excludes halogenated alkanes) is 15. The molecular formula is C39H66O6. The second-order valence-electron chi connectivity index (χ2n) is 12.0. The average molecular weight is 631 g/mol. The normalized spacial score (nSPS) is 12.6. The first-order valence-electron chi connectivity index (χ1n) is 18.1. The zero-order chi connectivity index (χ0) is 33.1. The number of esters is 2. The minimum atomic E-state index is -0.860. The van der Waals surface area contributed by atoms with Crippen molar-refractivity contribution < 1.29 is 29.0 Å². The lowest BCUT2D eigenvalue weighted by Crippen LogP contribution is -2.28. The van der Waals surface area contributed by atoms with E-state index >= 15 is 0 Å². The molecule has 0 aromatic heterocycles. The van der Waals surface area contributed by atoms with Crippen molar-refractivity contribution in [3.63, 3.8) is 0 Å². The Hall–Kier alpha value is -2.47. The van der Waals surface area contributed by atoms with Crippen molar-refractivity contribution in [2.24, 2.45) is 0 Å². The first-order valence-corrected chi connectivity index (χ1v) is 18.1. The average Bonchev–Trinajstić information content (AvgIpc) is 3.03. The van der Waals surface area contributed by atoms with E-state index in [4.69, 9.17) is 9.47 Å². The highest BCUT2D eigenvalue weighted by molar-refractivity contribution is 5.90. The van der Waals surface area contributed by atoms with Crippen LogP contribution in [-0.2, 0) is 23.9 Å². The first-order chi connectivity index (χ1) is 22.0. The molecule has 0 rings (SSSR count). The number of carbonyl (C=O) groups is 3. The van der Waals surface area contributed by atoms with Crippen LogP contribution in [0.4, 0.5) is 0 Å². The molecule has 0 bridgehead atoms. The summed E-state index contributed by atoms with van der Waals surface area (Å²) in [5, 5.41) is 9.51. The fourth-order valence-electron chi connectivity index (χ4n) is 4.80. The molecule has 0 aliphatic heterocycles. The first kappa shape index (κ1) is 42.5. The van der Waals surface area contributed by atoms with E-state index in [1.54, 1.807) is 6.08 Å².